The molecule has 1 atom stereocenters. The fourth-order valence-electron chi connectivity index (χ4n) is 3.01. The summed E-state index contributed by atoms with van der Waals surface area (Å²) in [6.07, 6.45) is 10.1. The van der Waals surface area contributed by atoms with Crippen molar-refractivity contribution in [1.82, 2.24) is 0 Å². The Morgan fingerprint density at radius 3 is 2.47 bits per heavy atom. The van der Waals surface area contributed by atoms with Crippen molar-refractivity contribution >= 4 is 0 Å². The van der Waals surface area contributed by atoms with Crippen LogP contribution >= 0.6 is 0 Å². The Bertz CT molecular complexity index is 285. The van der Waals surface area contributed by atoms with E-state index in [0.717, 1.165) is 12.3 Å². The molecule has 2 saturated carbocycles. The van der Waals surface area contributed by atoms with E-state index in [9.17, 15) is 0 Å². The lowest BCUT2D eigenvalue weighted by atomic mass is 9.77. The molecule has 0 N–H and O–H groups in total. The molecule has 82 valence electrons. The van der Waals surface area contributed by atoms with E-state index in [-0.39, 0.29) is 5.92 Å². The van der Waals surface area contributed by atoms with E-state index < -0.39 is 0 Å². The third kappa shape index (κ3) is 2.43. The van der Waals surface area contributed by atoms with Gasteiger partial charge in [-0.15, -0.1) is 0 Å². The van der Waals surface area contributed by atoms with Crippen LogP contribution in [-0.4, -0.2) is 0 Å². The topological polar surface area (TPSA) is 23.8 Å². The summed E-state index contributed by atoms with van der Waals surface area (Å²) in [4.78, 5) is 0. The molecule has 2 aliphatic rings. The molecule has 0 aliphatic heterocycles. The lowest BCUT2D eigenvalue weighted by Crippen LogP contribution is -2.14. The predicted octanol–water partition coefficient (Wildman–Crippen LogP) is 4.21. The van der Waals surface area contributed by atoms with Gasteiger partial charge in [-0.25, -0.2) is 0 Å². The number of allylic oxidation sites excluding steroid dienone is 2. The highest BCUT2D eigenvalue weighted by atomic mass is 14.3. The zero-order valence-corrected chi connectivity index (χ0v) is 9.76. The quantitative estimate of drug-likeness (QED) is 0.541. The minimum Gasteiger partial charge on any atom is -0.198 e. The molecule has 0 bridgehead atoms. The van der Waals surface area contributed by atoms with Gasteiger partial charge in [-0.1, -0.05) is 24.5 Å². The monoisotopic (exact) mass is 203 g/mol. The van der Waals surface area contributed by atoms with Crippen molar-refractivity contribution in [3.8, 4) is 6.07 Å². The van der Waals surface area contributed by atoms with Crippen LogP contribution in [0.15, 0.2) is 11.1 Å². The highest BCUT2D eigenvalue weighted by Crippen LogP contribution is 2.37. The maximum atomic E-state index is 9.16. The Hall–Kier alpha value is -0.770. The first kappa shape index (κ1) is 10.7. The molecule has 1 unspecified atom stereocenters. The molecule has 0 aromatic heterocycles. The average molecular weight is 203 g/mol. The SMILES string of the molecule is CC1CCC(=C2CCCCC2C#N)CC1. The van der Waals surface area contributed by atoms with Gasteiger partial charge in [0, 0.05) is 0 Å². The van der Waals surface area contributed by atoms with Gasteiger partial charge in [0.05, 0.1) is 12.0 Å². The van der Waals surface area contributed by atoms with E-state index in [1.807, 2.05) is 0 Å². The first-order chi connectivity index (χ1) is 7.31. The van der Waals surface area contributed by atoms with Crippen LogP contribution in [-0.2, 0) is 0 Å². The van der Waals surface area contributed by atoms with Crippen LogP contribution < -0.4 is 0 Å². The Morgan fingerprint density at radius 2 is 1.80 bits per heavy atom. The fraction of sp³-hybridized carbons (Fsp3) is 0.786. The van der Waals surface area contributed by atoms with Crippen molar-refractivity contribution in [3.05, 3.63) is 11.1 Å². The minimum absolute atomic E-state index is 0.266. The Kier molecular flexibility index (Phi) is 3.46. The van der Waals surface area contributed by atoms with Crippen LogP contribution in [0.1, 0.15) is 58.3 Å². The lowest BCUT2D eigenvalue weighted by Gasteiger charge is -2.28. The molecule has 0 aromatic rings. The zero-order chi connectivity index (χ0) is 10.7. The second-order valence-electron chi connectivity index (χ2n) is 5.24. The van der Waals surface area contributed by atoms with Crippen LogP contribution in [0.25, 0.3) is 0 Å². The van der Waals surface area contributed by atoms with Crippen LogP contribution in [0.4, 0.5) is 0 Å². The number of nitrogens with zero attached hydrogens (tertiary/aromatic N) is 1. The minimum atomic E-state index is 0.266. The van der Waals surface area contributed by atoms with E-state index in [0.29, 0.717) is 0 Å². The van der Waals surface area contributed by atoms with E-state index >= 15 is 0 Å². The predicted molar refractivity (Wildman–Crippen MR) is 62.2 cm³/mol. The number of hydrogen-bond acceptors (Lipinski definition) is 1. The summed E-state index contributed by atoms with van der Waals surface area (Å²) in [6, 6.07) is 2.50. The molecule has 0 saturated heterocycles. The summed E-state index contributed by atoms with van der Waals surface area (Å²) in [5, 5.41) is 9.16. The van der Waals surface area contributed by atoms with Gasteiger partial charge in [0.15, 0.2) is 0 Å². The third-order valence-corrected chi connectivity index (χ3v) is 4.10. The summed E-state index contributed by atoms with van der Waals surface area (Å²) in [5.41, 5.74) is 3.19. The Morgan fingerprint density at radius 1 is 1.07 bits per heavy atom. The highest BCUT2D eigenvalue weighted by molar-refractivity contribution is 5.24. The number of hydrogen-bond donors (Lipinski definition) is 0. The summed E-state index contributed by atoms with van der Waals surface area (Å²) in [6.45, 7) is 2.35. The molecule has 1 heteroatoms. The van der Waals surface area contributed by atoms with Crippen LogP contribution in [0.5, 0.6) is 0 Å². The molecule has 0 spiro atoms. The molecule has 2 rings (SSSR count). The Balaban J connectivity index is 2.12. The molecule has 2 fully saturated rings. The lowest BCUT2D eigenvalue weighted by molar-refractivity contribution is 0.427. The van der Waals surface area contributed by atoms with Gasteiger partial charge in [-0.2, -0.15) is 5.26 Å². The normalized spacial score (nSPS) is 32.5. The second-order valence-corrected chi connectivity index (χ2v) is 5.24. The standard InChI is InChI=1S/C14H21N/c1-11-6-8-12(9-7-11)14-5-3-2-4-13(14)10-15/h11,13H,2-9H2,1H3. The fourth-order valence-corrected chi connectivity index (χ4v) is 3.01. The van der Waals surface area contributed by atoms with E-state index in [1.54, 1.807) is 5.57 Å². The van der Waals surface area contributed by atoms with Gasteiger partial charge >= 0.3 is 0 Å². The van der Waals surface area contributed by atoms with E-state index in [2.05, 4.69) is 13.0 Å². The van der Waals surface area contributed by atoms with Gasteiger partial charge in [-0.05, 0) is 50.9 Å². The zero-order valence-electron chi connectivity index (χ0n) is 9.76. The van der Waals surface area contributed by atoms with Crippen molar-refractivity contribution < 1.29 is 0 Å². The molecule has 15 heavy (non-hydrogen) atoms. The number of nitriles is 1. The summed E-state index contributed by atoms with van der Waals surface area (Å²) in [5.74, 6) is 1.17. The first-order valence-corrected chi connectivity index (χ1v) is 6.41. The van der Waals surface area contributed by atoms with Gasteiger partial charge in [-0.3, -0.25) is 0 Å². The third-order valence-electron chi connectivity index (χ3n) is 4.10. The van der Waals surface area contributed by atoms with Gasteiger partial charge in [0.2, 0.25) is 0 Å². The van der Waals surface area contributed by atoms with Crippen molar-refractivity contribution in [2.45, 2.75) is 58.3 Å². The second kappa shape index (κ2) is 4.84. The molecule has 0 aromatic carbocycles. The van der Waals surface area contributed by atoms with E-state index in [4.69, 9.17) is 5.26 Å². The summed E-state index contributed by atoms with van der Waals surface area (Å²) >= 11 is 0. The molecular weight excluding hydrogens is 182 g/mol. The van der Waals surface area contributed by atoms with Gasteiger partial charge < -0.3 is 0 Å². The molecule has 0 amide bonds. The molecule has 1 nitrogen and oxygen atoms in total. The summed E-state index contributed by atoms with van der Waals surface area (Å²) in [7, 11) is 0. The van der Waals surface area contributed by atoms with Crippen molar-refractivity contribution in [1.29, 1.82) is 5.26 Å². The first-order valence-electron chi connectivity index (χ1n) is 6.41. The smallest absolute Gasteiger partial charge is 0.0700 e. The Labute approximate surface area is 93.2 Å². The number of rotatable bonds is 0. The van der Waals surface area contributed by atoms with Crippen molar-refractivity contribution in [2.24, 2.45) is 11.8 Å². The molecule has 0 heterocycles. The van der Waals surface area contributed by atoms with Crippen LogP contribution in [0, 0.1) is 23.2 Å². The van der Waals surface area contributed by atoms with Crippen molar-refractivity contribution in [2.75, 3.05) is 0 Å². The summed E-state index contributed by atoms with van der Waals surface area (Å²) < 4.78 is 0. The molecular formula is C14H21N. The highest BCUT2D eigenvalue weighted by Gasteiger charge is 2.23. The maximum absolute atomic E-state index is 9.16. The van der Waals surface area contributed by atoms with Gasteiger partial charge in [0.25, 0.3) is 0 Å². The van der Waals surface area contributed by atoms with Crippen molar-refractivity contribution in [3.63, 3.8) is 0 Å². The molecule has 2 aliphatic carbocycles. The van der Waals surface area contributed by atoms with Crippen LogP contribution in [0.3, 0.4) is 0 Å². The average Bonchev–Trinajstić information content (AvgIpc) is 2.30. The van der Waals surface area contributed by atoms with E-state index in [1.165, 1.54) is 50.5 Å². The van der Waals surface area contributed by atoms with Gasteiger partial charge in [0.1, 0.15) is 0 Å². The largest absolute Gasteiger partial charge is 0.198 e. The molecule has 0 radical (unpaired) electrons. The van der Waals surface area contributed by atoms with Crippen LogP contribution in [0.2, 0.25) is 0 Å². The maximum Gasteiger partial charge on any atom is 0.0700 e.